The SMILES string of the molecule is C[N+](C)(N)c1ccccc1. The van der Waals surface area contributed by atoms with Crippen LogP contribution < -0.4 is 10.4 Å². The van der Waals surface area contributed by atoms with Crippen LogP contribution >= 0.6 is 0 Å². The van der Waals surface area contributed by atoms with Crippen LogP contribution in [0.1, 0.15) is 0 Å². The van der Waals surface area contributed by atoms with Gasteiger partial charge in [-0.15, -0.1) is 0 Å². The van der Waals surface area contributed by atoms with Crippen LogP contribution in [0.5, 0.6) is 0 Å². The lowest BCUT2D eigenvalue weighted by molar-refractivity contribution is 0.419. The predicted molar refractivity (Wildman–Crippen MR) is 44.3 cm³/mol. The van der Waals surface area contributed by atoms with Crippen molar-refractivity contribution in [2.45, 2.75) is 0 Å². The number of quaternary nitrogens is 1. The standard InChI is InChI=1S/C8H13N2/c1-10(2,9)8-6-4-3-5-7-8/h3-7H,9H2,1-2H3/q+1. The Bertz CT molecular complexity index is 198. The van der Waals surface area contributed by atoms with Crippen molar-refractivity contribution in [1.29, 1.82) is 0 Å². The fourth-order valence-corrected chi connectivity index (χ4v) is 0.812. The molecule has 0 atom stereocenters. The molecule has 0 spiro atoms. The van der Waals surface area contributed by atoms with Gasteiger partial charge >= 0.3 is 0 Å². The van der Waals surface area contributed by atoms with Crippen LogP contribution in [-0.4, -0.2) is 14.1 Å². The first-order valence-corrected chi connectivity index (χ1v) is 3.29. The molecule has 54 valence electrons. The molecule has 0 aliphatic rings. The van der Waals surface area contributed by atoms with Crippen LogP contribution in [0.3, 0.4) is 0 Å². The van der Waals surface area contributed by atoms with Gasteiger partial charge in [0, 0.05) is 12.1 Å². The Morgan fingerprint density at radius 1 is 1.10 bits per heavy atom. The van der Waals surface area contributed by atoms with Crippen LogP contribution in [0.2, 0.25) is 0 Å². The van der Waals surface area contributed by atoms with Crippen LogP contribution in [0.25, 0.3) is 0 Å². The van der Waals surface area contributed by atoms with Gasteiger partial charge in [0.25, 0.3) is 0 Å². The number of hydrogen-bond donors (Lipinski definition) is 1. The molecule has 0 bridgehead atoms. The van der Waals surface area contributed by atoms with Gasteiger partial charge in [0.05, 0.1) is 14.1 Å². The van der Waals surface area contributed by atoms with Gasteiger partial charge in [-0.2, -0.15) is 5.84 Å². The lowest BCUT2D eigenvalue weighted by Gasteiger charge is -2.21. The third kappa shape index (κ3) is 1.56. The molecule has 1 aromatic carbocycles. The van der Waals surface area contributed by atoms with Crippen LogP contribution in [0, 0.1) is 0 Å². The first kappa shape index (κ1) is 7.25. The summed E-state index contributed by atoms with van der Waals surface area (Å²) in [7, 11) is 3.88. The lowest BCUT2D eigenvalue weighted by Crippen LogP contribution is -2.47. The van der Waals surface area contributed by atoms with Crippen molar-refractivity contribution in [3.63, 3.8) is 0 Å². The van der Waals surface area contributed by atoms with Gasteiger partial charge in [-0.1, -0.05) is 18.2 Å². The van der Waals surface area contributed by atoms with Crippen molar-refractivity contribution in [2.24, 2.45) is 5.84 Å². The van der Waals surface area contributed by atoms with E-state index in [0.29, 0.717) is 4.59 Å². The van der Waals surface area contributed by atoms with Gasteiger partial charge in [0.1, 0.15) is 0 Å². The molecular weight excluding hydrogens is 124 g/mol. The van der Waals surface area contributed by atoms with E-state index in [1.165, 1.54) is 0 Å². The summed E-state index contributed by atoms with van der Waals surface area (Å²) in [6, 6.07) is 9.99. The zero-order valence-electron chi connectivity index (χ0n) is 6.41. The number of nitrogens with zero attached hydrogens (tertiary/aromatic N) is 1. The summed E-state index contributed by atoms with van der Waals surface area (Å²) >= 11 is 0. The van der Waals surface area contributed by atoms with Crippen LogP contribution in [0.4, 0.5) is 5.69 Å². The highest BCUT2D eigenvalue weighted by Crippen LogP contribution is 2.11. The second kappa shape index (κ2) is 2.40. The monoisotopic (exact) mass is 137 g/mol. The molecule has 1 aromatic rings. The quantitative estimate of drug-likeness (QED) is 0.350. The summed E-state index contributed by atoms with van der Waals surface area (Å²) in [5, 5.41) is 0. The molecule has 2 heteroatoms. The molecule has 0 saturated carbocycles. The number of benzene rings is 1. The van der Waals surface area contributed by atoms with E-state index in [9.17, 15) is 0 Å². The molecule has 10 heavy (non-hydrogen) atoms. The van der Waals surface area contributed by atoms with E-state index in [1.807, 2.05) is 44.4 Å². The first-order chi connectivity index (χ1) is 4.61. The predicted octanol–water partition coefficient (Wildman–Crippen LogP) is 1.13. The Morgan fingerprint density at radius 2 is 1.60 bits per heavy atom. The topological polar surface area (TPSA) is 26.0 Å². The lowest BCUT2D eigenvalue weighted by atomic mass is 10.3. The summed E-state index contributed by atoms with van der Waals surface area (Å²) in [4.78, 5) is 0. The molecule has 0 heterocycles. The van der Waals surface area contributed by atoms with Gasteiger partial charge in [0.2, 0.25) is 0 Å². The Labute approximate surface area is 61.4 Å². The number of para-hydroxylation sites is 1. The van der Waals surface area contributed by atoms with Crippen molar-refractivity contribution in [1.82, 2.24) is 4.59 Å². The summed E-state index contributed by atoms with van der Waals surface area (Å²) < 4.78 is 0.390. The van der Waals surface area contributed by atoms with Crippen molar-refractivity contribution in [3.05, 3.63) is 30.3 Å². The Balaban J connectivity index is 2.97. The maximum Gasteiger partial charge on any atom is 0.151 e. The van der Waals surface area contributed by atoms with Crippen molar-refractivity contribution < 1.29 is 0 Å². The van der Waals surface area contributed by atoms with E-state index in [4.69, 9.17) is 5.84 Å². The number of nitrogens with two attached hydrogens (primary N) is 1. The minimum absolute atomic E-state index is 0.390. The van der Waals surface area contributed by atoms with E-state index in [2.05, 4.69) is 0 Å². The van der Waals surface area contributed by atoms with E-state index in [-0.39, 0.29) is 0 Å². The second-order valence-corrected chi connectivity index (χ2v) is 2.88. The molecule has 0 amide bonds. The minimum Gasteiger partial charge on any atom is -0.221 e. The third-order valence-corrected chi connectivity index (χ3v) is 1.42. The molecule has 1 rings (SSSR count). The molecule has 2 N–H and O–H groups in total. The van der Waals surface area contributed by atoms with Crippen molar-refractivity contribution in [2.75, 3.05) is 14.1 Å². The normalized spacial score (nSPS) is 11.5. The summed E-state index contributed by atoms with van der Waals surface area (Å²) in [5.41, 5.74) is 1.11. The van der Waals surface area contributed by atoms with Gasteiger partial charge in [-0.05, 0) is 0 Å². The molecule has 0 fully saturated rings. The average molecular weight is 137 g/mol. The molecule has 0 aliphatic carbocycles. The number of rotatable bonds is 1. The molecule has 0 radical (unpaired) electrons. The maximum atomic E-state index is 5.79. The van der Waals surface area contributed by atoms with E-state index >= 15 is 0 Å². The van der Waals surface area contributed by atoms with Crippen LogP contribution in [0.15, 0.2) is 30.3 Å². The van der Waals surface area contributed by atoms with Gasteiger partial charge in [-0.25, -0.2) is 4.59 Å². The highest BCUT2D eigenvalue weighted by atomic mass is 15.5. The van der Waals surface area contributed by atoms with Gasteiger partial charge < -0.3 is 0 Å². The molecule has 0 aromatic heterocycles. The van der Waals surface area contributed by atoms with Crippen molar-refractivity contribution in [3.8, 4) is 0 Å². The van der Waals surface area contributed by atoms with Gasteiger partial charge in [-0.3, -0.25) is 0 Å². The summed E-state index contributed by atoms with van der Waals surface area (Å²) in [6.45, 7) is 0. The average Bonchev–Trinajstić information content (AvgIpc) is 1.88. The fraction of sp³-hybridized carbons (Fsp3) is 0.250. The Morgan fingerprint density at radius 3 is 1.90 bits per heavy atom. The highest BCUT2D eigenvalue weighted by molar-refractivity contribution is 5.39. The van der Waals surface area contributed by atoms with Crippen molar-refractivity contribution >= 4 is 5.69 Å². The second-order valence-electron chi connectivity index (χ2n) is 2.88. The highest BCUT2D eigenvalue weighted by Gasteiger charge is 2.10. The van der Waals surface area contributed by atoms with E-state index < -0.39 is 0 Å². The Hall–Kier alpha value is -0.860. The summed E-state index contributed by atoms with van der Waals surface area (Å²) in [6.07, 6.45) is 0. The minimum atomic E-state index is 0.390. The van der Waals surface area contributed by atoms with E-state index in [1.54, 1.807) is 0 Å². The fourth-order valence-electron chi connectivity index (χ4n) is 0.812. The molecular formula is C8H13N2+. The zero-order chi connectivity index (χ0) is 7.61. The molecule has 2 nitrogen and oxygen atoms in total. The maximum absolute atomic E-state index is 5.79. The molecule has 0 unspecified atom stereocenters. The number of hydrogen-bond acceptors (Lipinski definition) is 1. The van der Waals surface area contributed by atoms with Crippen LogP contribution in [-0.2, 0) is 0 Å². The third-order valence-electron chi connectivity index (χ3n) is 1.42. The Kier molecular flexibility index (Phi) is 1.74. The molecule has 0 aliphatic heterocycles. The van der Waals surface area contributed by atoms with Gasteiger partial charge in [0.15, 0.2) is 5.69 Å². The molecule has 0 saturated heterocycles. The smallest absolute Gasteiger partial charge is 0.151 e. The zero-order valence-corrected chi connectivity index (χ0v) is 6.41. The largest absolute Gasteiger partial charge is 0.221 e. The van der Waals surface area contributed by atoms with E-state index in [0.717, 1.165) is 5.69 Å². The first-order valence-electron chi connectivity index (χ1n) is 3.29. The summed E-state index contributed by atoms with van der Waals surface area (Å²) in [5.74, 6) is 5.79.